The number of aromatic nitrogens is 2. The van der Waals surface area contributed by atoms with Crippen LogP contribution in [0.25, 0.3) is 0 Å². The average molecular weight is 326 g/mol. The Balaban J connectivity index is 1.57. The monoisotopic (exact) mass is 325 g/mol. The lowest BCUT2D eigenvalue weighted by molar-refractivity contribution is -0.115. The molecule has 0 bridgehead atoms. The molecule has 5 nitrogen and oxygen atoms in total. The van der Waals surface area contributed by atoms with Crippen LogP contribution in [0.3, 0.4) is 0 Å². The maximum atomic E-state index is 11.9. The Morgan fingerprint density at radius 3 is 2.86 bits per heavy atom. The van der Waals surface area contributed by atoms with Gasteiger partial charge in [-0.05, 0) is 25.0 Å². The van der Waals surface area contributed by atoms with Crippen molar-refractivity contribution < 1.29 is 9.21 Å². The Kier molecular flexibility index (Phi) is 4.55. The zero-order chi connectivity index (χ0) is 14.7. The third-order valence-corrected chi connectivity index (χ3v) is 4.84. The van der Waals surface area contributed by atoms with Crippen LogP contribution in [0.1, 0.15) is 48.8 Å². The van der Waals surface area contributed by atoms with Gasteiger partial charge in [-0.15, -0.1) is 16.4 Å². The van der Waals surface area contributed by atoms with Crippen molar-refractivity contribution in [3.05, 3.63) is 27.2 Å². The number of rotatable bonds is 4. The molecule has 1 amide bonds. The van der Waals surface area contributed by atoms with E-state index in [-0.39, 0.29) is 18.3 Å². The average Bonchev–Trinajstić information content (AvgIpc) is 3.09. The predicted octanol–water partition coefficient (Wildman–Crippen LogP) is 4.01. The molecule has 1 N–H and O–H groups in total. The summed E-state index contributed by atoms with van der Waals surface area (Å²) >= 11 is 7.23. The van der Waals surface area contributed by atoms with E-state index in [0.717, 1.165) is 17.7 Å². The second kappa shape index (κ2) is 6.58. The zero-order valence-corrected chi connectivity index (χ0v) is 13.0. The summed E-state index contributed by atoms with van der Waals surface area (Å²) in [5.41, 5.74) is 0. The lowest BCUT2D eigenvalue weighted by Crippen LogP contribution is -2.13. The third kappa shape index (κ3) is 3.83. The molecule has 1 aliphatic carbocycles. The zero-order valence-electron chi connectivity index (χ0n) is 11.5. The van der Waals surface area contributed by atoms with E-state index in [1.807, 2.05) is 6.07 Å². The van der Waals surface area contributed by atoms with E-state index in [2.05, 4.69) is 15.5 Å². The first-order valence-corrected chi connectivity index (χ1v) is 8.27. The van der Waals surface area contributed by atoms with Gasteiger partial charge in [-0.1, -0.05) is 36.0 Å². The van der Waals surface area contributed by atoms with Crippen LogP contribution in [-0.2, 0) is 11.2 Å². The lowest BCUT2D eigenvalue weighted by atomic mass is 9.89. The number of halogens is 1. The minimum atomic E-state index is -0.174. The van der Waals surface area contributed by atoms with Crippen LogP contribution in [-0.4, -0.2) is 16.1 Å². The smallest absolute Gasteiger partial charge is 0.322 e. The minimum absolute atomic E-state index is 0.174. The van der Waals surface area contributed by atoms with E-state index in [1.54, 1.807) is 6.07 Å². The van der Waals surface area contributed by atoms with Gasteiger partial charge in [0.2, 0.25) is 11.8 Å². The Labute approximate surface area is 131 Å². The maximum Gasteiger partial charge on any atom is 0.322 e. The van der Waals surface area contributed by atoms with Crippen LogP contribution in [0, 0.1) is 0 Å². The first-order chi connectivity index (χ1) is 10.2. The molecule has 0 unspecified atom stereocenters. The summed E-state index contributed by atoms with van der Waals surface area (Å²) in [6.45, 7) is 0. The van der Waals surface area contributed by atoms with Crippen LogP contribution in [0.5, 0.6) is 0 Å². The minimum Gasteiger partial charge on any atom is -0.408 e. The largest absolute Gasteiger partial charge is 0.408 e. The molecule has 2 heterocycles. The number of nitrogens with one attached hydrogen (secondary N) is 1. The molecule has 0 saturated heterocycles. The van der Waals surface area contributed by atoms with Crippen LogP contribution < -0.4 is 5.32 Å². The molecule has 2 aromatic heterocycles. The van der Waals surface area contributed by atoms with Gasteiger partial charge >= 0.3 is 6.01 Å². The molecule has 1 aliphatic rings. The summed E-state index contributed by atoms with van der Waals surface area (Å²) < 4.78 is 6.24. The van der Waals surface area contributed by atoms with Gasteiger partial charge in [0.1, 0.15) is 0 Å². The summed E-state index contributed by atoms with van der Waals surface area (Å²) in [5, 5.41) is 10.6. The molecule has 21 heavy (non-hydrogen) atoms. The highest BCUT2D eigenvalue weighted by atomic mass is 35.5. The molecule has 0 radical (unpaired) electrons. The number of hydrogen-bond donors (Lipinski definition) is 1. The van der Waals surface area contributed by atoms with E-state index in [9.17, 15) is 4.79 Å². The Morgan fingerprint density at radius 1 is 1.33 bits per heavy atom. The first-order valence-electron chi connectivity index (χ1n) is 7.08. The van der Waals surface area contributed by atoms with Gasteiger partial charge in [-0.25, -0.2) is 0 Å². The predicted molar refractivity (Wildman–Crippen MR) is 81.8 cm³/mol. The fourth-order valence-electron chi connectivity index (χ4n) is 2.57. The topological polar surface area (TPSA) is 68.0 Å². The SMILES string of the molecule is O=C(Cc1ccc(Cl)s1)Nc1nnc(C2CCCCC2)o1. The molecular weight excluding hydrogens is 310 g/mol. The highest BCUT2D eigenvalue weighted by Gasteiger charge is 2.21. The summed E-state index contributed by atoms with van der Waals surface area (Å²) in [6, 6.07) is 3.81. The van der Waals surface area contributed by atoms with Gasteiger partial charge in [0.25, 0.3) is 0 Å². The van der Waals surface area contributed by atoms with Crippen molar-refractivity contribution in [1.29, 1.82) is 0 Å². The van der Waals surface area contributed by atoms with Crippen molar-refractivity contribution in [3.8, 4) is 0 Å². The van der Waals surface area contributed by atoms with Gasteiger partial charge in [-0.2, -0.15) is 0 Å². The number of amides is 1. The highest BCUT2D eigenvalue weighted by molar-refractivity contribution is 7.16. The Morgan fingerprint density at radius 2 is 2.14 bits per heavy atom. The van der Waals surface area contributed by atoms with Gasteiger partial charge < -0.3 is 4.42 Å². The molecule has 3 rings (SSSR count). The van der Waals surface area contributed by atoms with Gasteiger partial charge in [0, 0.05) is 10.8 Å². The number of hydrogen-bond acceptors (Lipinski definition) is 5. The van der Waals surface area contributed by atoms with Gasteiger partial charge in [-0.3, -0.25) is 10.1 Å². The van der Waals surface area contributed by atoms with Gasteiger partial charge in [0.05, 0.1) is 10.8 Å². The number of carbonyl (C=O) groups excluding carboxylic acids is 1. The molecule has 1 fully saturated rings. The highest BCUT2D eigenvalue weighted by Crippen LogP contribution is 2.32. The van der Waals surface area contributed by atoms with Crippen LogP contribution in [0.15, 0.2) is 16.5 Å². The van der Waals surface area contributed by atoms with E-state index in [4.69, 9.17) is 16.0 Å². The normalized spacial score (nSPS) is 16.0. The summed E-state index contributed by atoms with van der Waals surface area (Å²) in [5.74, 6) is 0.810. The molecule has 0 aromatic carbocycles. The van der Waals surface area contributed by atoms with Crippen molar-refractivity contribution in [1.82, 2.24) is 10.2 Å². The molecule has 2 aromatic rings. The number of thiophene rings is 1. The van der Waals surface area contributed by atoms with Crippen molar-refractivity contribution in [2.75, 3.05) is 5.32 Å². The molecule has 0 aliphatic heterocycles. The maximum absolute atomic E-state index is 11.9. The van der Waals surface area contributed by atoms with E-state index < -0.39 is 0 Å². The number of anilines is 1. The first kappa shape index (κ1) is 14.5. The summed E-state index contributed by atoms with van der Waals surface area (Å²) in [4.78, 5) is 12.8. The second-order valence-electron chi connectivity index (χ2n) is 5.21. The molecule has 112 valence electrons. The molecule has 1 saturated carbocycles. The van der Waals surface area contributed by atoms with Crippen molar-refractivity contribution in [3.63, 3.8) is 0 Å². The Bertz CT molecular complexity index is 619. The number of carbonyl (C=O) groups is 1. The number of nitrogens with zero attached hydrogens (tertiary/aromatic N) is 2. The van der Waals surface area contributed by atoms with Crippen LogP contribution in [0.2, 0.25) is 4.34 Å². The molecular formula is C14H16ClN3O2S. The van der Waals surface area contributed by atoms with Crippen molar-refractivity contribution in [2.45, 2.75) is 44.4 Å². The van der Waals surface area contributed by atoms with Crippen LogP contribution >= 0.6 is 22.9 Å². The van der Waals surface area contributed by atoms with Crippen molar-refractivity contribution in [2.24, 2.45) is 0 Å². The molecule has 7 heteroatoms. The third-order valence-electron chi connectivity index (χ3n) is 3.61. The fourth-order valence-corrected chi connectivity index (χ4v) is 3.65. The fraction of sp³-hybridized carbons (Fsp3) is 0.500. The summed E-state index contributed by atoms with van der Waals surface area (Å²) in [6.07, 6.45) is 6.12. The quantitative estimate of drug-likeness (QED) is 0.922. The second-order valence-corrected chi connectivity index (χ2v) is 7.01. The van der Waals surface area contributed by atoms with E-state index >= 15 is 0 Å². The standard InChI is InChI=1S/C14H16ClN3O2S/c15-11-7-6-10(21-11)8-12(19)16-14-18-17-13(20-14)9-4-2-1-3-5-9/h6-7,9H,1-5,8H2,(H,16,18,19). The van der Waals surface area contributed by atoms with E-state index in [0.29, 0.717) is 16.1 Å². The summed E-state index contributed by atoms with van der Waals surface area (Å²) in [7, 11) is 0. The van der Waals surface area contributed by atoms with Crippen LogP contribution in [0.4, 0.5) is 6.01 Å². The Hall–Kier alpha value is -1.40. The van der Waals surface area contributed by atoms with E-state index in [1.165, 1.54) is 30.6 Å². The molecule has 0 atom stereocenters. The van der Waals surface area contributed by atoms with Gasteiger partial charge in [0.15, 0.2) is 0 Å². The lowest BCUT2D eigenvalue weighted by Gasteiger charge is -2.17. The molecule has 0 spiro atoms. The van der Waals surface area contributed by atoms with Crippen molar-refractivity contribution >= 4 is 34.9 Å².